The van der Waals surface area contributed by atoms with Crippen molar-refractivity contribution in [2.24, 2.45) is 10.7 Å². The number of nitrogens with zero attached hydrogens (tertiary/aromatic N) is 17. The number of aromatic nitrogens is 14. The molecule has 0 saturated carbocycles. The number of methoxy groups -OCH3 is 2. The third kappa shape index (κ3) is 30.9. The van der Waals surface area contributed by atoms with Crippen LogP contribution in [0.2, 0.25) is 35.9 Å². The zero-order valence-electron chi connectivity index (χ0n) is 112. The van der Waals surface area contributed by atoms with Crippen molar-refractivity contribution in [3.8, 4) is 11.8 Å². The average Bonchev–Trinajstić information content (AvgIpc) is 0.993. The number of anilines is 1. The molecule has 0 atom stereocenters. The molecule has 15 rings (SSSR count). The third-order valence-electron chi connectivity index (χ3n) is 11.8. The van der Waals surface area contributed by atoms with Gasteiger partial charge in [0, 0.05) is 172 Å². The summed E-state index contributed by atoms with van der Waals surface area (Å²) in [5, 5.41) is 20.8. The van der Waals surface area contributed by atoms with Crippen LogP contribution in [-0.4, -0.2) is 299 Å². The SMILES string of the molecule is COc1nc(Cl)nc2c1CC=N2.[2H]C([2H])(CN1C([2H])([2H])C([2H])([2H])OC([2H])([2H])C1([2H])[2H])n1cnc2nc(Cl)[nH]c(=O)c21.[2H]C([2H])(CN1C([2H])([2H])C([2H])([2H])OC([2H])([2H])C1([2H])[2H])n1cnc2nc(Cl)nc(OC)c21.[2H]C([2H])(O)CBr.[2H]C([2H])(O)CN1C([2H])([2H])C([2H])([2H])OC([2H])([2H])C1([2H])[2H].[2H]C1([2H])NC([2H])([2H])C([2H])([2H])OC1([2H])[2H].[2H]c1cc(C([2H])([2H])N)cc(Cl)c1Cl.[2H]c1cc(C([2H])([2H])Nc2nc3ncn(C([2H])([2H])CN4C([2H])([2H])C([2H])([2H])OC([2H])([2H])C4([2H])[2H])c3c(=O)[nH]2)cc(Cl)c1Cl.[Na+].[OH-]. The van der Waals surface area contributed by atoms with E-state index in [-0.39, 0.29) is 147 Å². The molecular weight excluding hydrogens is 1660 g/mol. The molecular formula is C67H91BrCl7N22NaO12. The van der Waals surface area contributed by atoms with Gasteiger partial charge in [-0.3, -0.25) is 39.2 Å². The Morgan fingerprint density at radius 3 is 1.47 bits per heavy atom. The summed E-state index contributed by atoms with van der Waals surface area (Å²) in [7, 11) is 2.80. The van der Waals surface area contributed by atoms with Crippen molar-refractivity contribution in [2.75, 3.05) is 195 Å². The van der Waals surface area contributed by atoms with Crippen molar-refractivity contribution in [3.05, 3.63) is 129 Å². The number of aromatic amines is 2. The summed E-state index contributed by atoms with van der Waals surface area (Å²) in [5.74, 6) is 0.539. The summed E-state index contributed by atoms with van der Waals surface area (Å²) in [4.78, 5) is 68.4. The number of H-pyrrole nitrogens is 2. The topological polar surface area (TPSA) is 407 Å². The summed E-state index contributed by atoms with van der Waals surface area (Å²) >= 11 is 42.8. The first kappa shape index (κ1) is 41.1. The quantitative estimate of drug-likeness (QED) is 0.0368. The minimum absolute atomic E-state index is 0. The Balaban J connectivity index is 0.000000302. The molecule has 7 aromatic heterocycles. The second-order valence-electron chi connectivity index (χ2n) is 18.5. The minimum Gasteiger partial charge on any atom is -0.870 e. The van der Waals surface area contributed by atoms with Crippen LogP contribution in [-0.2, 0) is 62.6 Å². The van der Waals surface area contributed by atoms with Gasteiger partial charge in [-0.2, -0.15) is 29.9 Å². The zero-order valence-corrected chi connectivity index (χ0v) is 64.5. The molecule has 6 aliphatic heterocycles. The molecule has 9 N–H and O–H groups in total. The zero-order chi connectivity index (χ0) is 127. The fourth-order valence-corrected chi connectivity index (χ4v) is 8.43. The van der Waals surface area contributed by atoms with Gasteiger partial charge in [0.15, 0.2) is 39.3 Å². The van der Waals surface area contributed by atoms with Crippen molar-refractivity contribution in [1.82, 2.24) is 93.4 Å². The molecule has 0 bridgehead atoms. The number of halogens is 8. The van der Waals surface area contributed by atoms with Gasteiger partial charge < -0.3 is 78.9 Å². The normalized spacial score (nSPS) is 33.2. The molecule has 2 aromatic carbocycles. The van der Waals surface area contributed by atoms with Gasteiger partial charge in [-0.05, 0) is 70.1 Å². The fourth-order valence-electron chi connectivity index (χ4n) is 7.39. The number of nitrogens with two attached hydrogens (primary N) is 1. The van der Waals surface area contributed by atoms with Crippen LogP contribution in [0.25, 0.3) is 33.5 Å². The second-order valence-corrected chi connectivity index (χ2v) is 21.7. The monoisotopic (exact) mass is 1800 g/mol. The van der Waals surface area contributed by atoms with Crippen molar-refractivity contribution in [2.45, 2.75) is 38.9 Å². The van der Waals surface area contributed by atoms with Gasteiger partial charge in [-0.25, -0.2) is 19.9 Å². The number of morpholine rings is 5. The smallest absolute Gasteiger partial charge is 0.870 e. The molecule has 0 amide bonds. The number of β-amino-alcohol motifs (C(OH)–C–C–N with tert-alkyl or cyclic N) is 1. The Morgan fingerprint density at radius 2 is 1.01 bits per heavy atom. The Hall–Kier alpha value is -5.21. The molecule has 9 aromatic rings. The largest absolute Gasteiger partial charge is 1.00 e. The maximum Gasteiger partial charge on any atom is 1.00 e. The number of alkyl halides is 1. The molecule has 598 valence electrons. The predicted octanol–water partition coefficient (Wildman–Crippen LogP) is 3.26. The Kier molecular flexibility index (Phi) is 19.3. The Morgan fingerprint density at radius 1 is 0.582 bits per heavy atom. The third-order valence-corrected chi connectivity index (χ3v) is 14.0. The van der Waals surface area contributed by atoms with Crippen LogP contribution in [0.5, 0.6) is 11.8 Å². The number of nitrogens with one attached hydrogen (secondary N) is 4. The van der Waals surface area contributed by atoms with Crippen molar-refractivity contribution < 1.29 is 155 Å². The van der Waals surface area contributed by atoms with Crippen LogP contribution in [0.3, 0.4) is 0 Å². The van der Waals surface area contributed by atoms with Crippen LogP contribution in [0.1, 0.15) is 93.5 Å². The number of fused-ring (bicyclic) bond motifs is 4. The molecule has 0 aliphatic carbocycles. The van der Waals surface area contributed by atoms with Crippen LogP contribution in [0, 0.1) is 0 Å². The molecule has 110 heavy (non-hydrogen) atoms. The number of benzene rings is 2. The molecule has 5 fully saturated rings. The standard InChI is InChI=1S/C18H20Cl2N6O2.C12H16ClN5O2.C11H14ClN5O2.C7H7Cl2N.C7H6ClN3O.C6H13NO2.C4H9NO.C2H5BrO.Na.H2O/c19-13-2-1-12(9-14(13)20)10-21-18-23-16-15(17(27)24-18)26(11-22-16)4-3-25-5-7-28-8-6-25;1-19-11-9-10(15-12(13)16-11)14-8-18(9)3-2-17-4-6-20-7-5-17;12-11-14-9-8(10(18)15-11)17(7-13-9)2-1-16-3-5-19-6-4-16;8-6-2-1-5(4-10)3-7(6)9;1-12-6-4-2-3-9-5(4)10-7(8)11-6;8-4-1-7-2-5-9-6-3-7;1-3-6-4-2-5-1;3-1-2-4;;/h1-2,9,11H,3-8,10H2,(H2,21,23,24,27);8H,2-7H2,1H3;7H,1-6H2,(H,14,15,18);1-3H,4,10H2;3H,2H2,1H3;8H,1-6H2;5H,1-4H2;4H,1-2H2;;1H2/q;;;;;;;;+1;/p-1/i2D,4D2,5D2,6D2,7D2,8D2,10D2;3D2,4D2,5D2,6D2,7D2;2D2,3D2,4D2,5D2,6D2;2D,4D2;;2D2,3D2,4D2,5D2,6D2;1D2,2D2,3D2,4D2;2D2;;. The van der Waals surface area contributed by atoms with E-state index in [1.54, 1.807) is 18.6 Å². The summed E-state index contributed by atoms with van der Waals surface area (Å²) in [6.45, 7) is -86.8. The van der Waals surface area contributed by atoms with Crippen LogP contribution in [0.4, 0.5) is 11.8 Å². The van der Waals surface area contributed by atoms with E-state index in [1.807, 2.05) is 0 Å². The molecule has 43 heteroatoms. The van der Waals surface area contributed by atoms with E-state index in [0.29, 0.717) is 20.8 Å². The maximum atomic E-state index is 13.0. The molecule has 6 aliphatic rings. The minimum atomic E-state index is -3.40. The van der Waals surface area contributed by atoms with Crippen LogP contribution < -0.4 is 66.5 Å². The fraction of sp³-hybridized carbons (Fsp3) is 0.522. The molecule has 5 saturated heterocycles. The van der Waals surface area contributed by atoms with Crippen LogP contribution in [0.15, 0.2) is 69.9 Å². The number of hydrogen-bond acceptors (Lipinski definition) is 29. The van der Waals surface area contributed by atoms with E-state index >= 15 is 0 Å². The summed E-state index contributed by atoms with van der Waals surface area (Å²) in [6, 6.07) is 4.57. The molecule has 34 nitrogen and oxygen atoms in total. The van der Waals surface area contributed by atoms with Crippen molar-refractivity contribution in [1.29, 1.82) is 0 Å². The Bertz CT molecular complexity index is 6970. The van der Waals surface area contributed by atoms with Gasteiger partial charge in [-0.1, -0.05) is 74.5 Å². The summed E-state index contributed by atoms with van der Waals surface area (Å²) in [6.07, 6.45) is 5.14. The maximum absolute atomic E-state index is 13.0. The van der Waals surface area contributed by atoms with Gasteiger partial charge in [0.25, 0.3) is 11.1 Å². The van der Waals surface area contributed by atoms with E-state index < -0.39 is 231 Å². The first-order chi connectivity index (χ1) is 73.0. The number of ether oxygens (including phenoxy) is 7. The molecule has 0 radical (unpaired) electrons. The van der Waals surface area contributed by atoms with E-state index in [9.17, 15) is 9.59 Å². The molecule has 13 heterocycles. The predicted molar refractivity (Wildman–Crippen MR) is 424 cm³/mol. The first-order valence-electron chi connectivity index (χ1n) is 56.6. The van der Waals surface area contributed by atoms with Crippen molar-refractivity contribution in [3.63, 3.8) is 0 Å². The second kappa shape index (κ2) is 51.6. The average molecular weight is 1800 g/mol. The first-order valence-corrected chi connectivity index (χ1v) is 32.4. The van der Waals surface area contributed by atoms with Gasteiger partial charge in [0.1, 0.15) is 0 Å². The number of rotatable bonds is 18. The number of hydrogen-bond donors (Lipinski definition) is 7. The van der Waals surface area contributed by atoms with Gasteiger partial charge in [0.05, 0.1) is 184 Å². The van der Waals surface area contributed by atoms with E-state index in [2.05, 4.69) is 105 Å². The molecule has 0 spiro atoms. The Labute approximate surface area is 779 Å². The van der Waals surface area contributed by atoms with E-state index in [1.165, 1.54) is 25.3 Å². The number of aliphatic imine (C=N–C) groups is 1. The molecule has 0 unspecified atom stereocenters. The van der Waals surface area contributed by atoms with Gasteiger partial charge >= 0.3 is 29.6 Å². The summed E-state index contributed by atoms with van der Waals surface area (Å²) < 4.78 is 462. The van der Waals surface area contributed by atoms with Crippen LogP contribution >= 0.6 is 97.1 Å². The van der Waals surface area contributed by atoms with Gasteiger partial charge in [0.2, 0.25) is 33.6 Å². The van der Waals surface area contributed by atoms with Gasteiger partial charge in [-0.15, -0.1) is 0 Å². The number of aliphatic hydroxyl groups is 2. The van der Waals surface area contributed by atoms with Crippen molar-refractivity contribution >= 4 is 149 Å². The van der Waals surface area contributed by atoms with E-state index in [4.69, 9.17) is 183 Å². The van der Waals surface area contributed by atoms with E-state index in [0.717, 1.165) is 41.6 Å². The summed E-state index contributed by atoms with van der Waals surface area (Å²) in [5.41, 5.74) is 2.59. The number of imidazole rings is 3.